The van der Waals surface area contributed by atoms with Crippen LogP contribution in [-0.2, 0) is 0 Å². The number of rotatable bonds is 4. The minimum Gasteiger partial charge on any atom is -0.320 e. The van der Waals surface area contributed by atoms with Crippen molar-refractivity contribution in [1.29, 1.82) is 0 Å². The molecule has 0 aromatic carbocycles. The summed E-state index contributed by atoms with van der Waals surface area (Å²) in [4.78, 5) is 2.76. The van der Waals surface area contributed by atoms with Gasteiger partial charge >= 0.3 is 0 Å². The molecule has 0 amide bonds. The van der Waals surface area contributed by atoms with Gasteiger partial charge in [0.05, 0.1) is 0 Å². The third kappa shape index (κ3) is 2.29. The van der Waals surface area contributed by atoms with Gasteiger partial charge in [-0.2, -0.15) is 0 Å². The Kier molecular flexibility index (Phi) is 3.82. The molecule has 0 aromatic heterocycles. The van der Waals surface area contributed by atoms with Crippen molar-refractivity contribution in [3.8, 4) is 0 Å². The molecule has 2 aliphatic rings. The summed E-state index contributed by atoms with van der Waals surface area (Å²) in [5.74, 6) is 1.05. The highest BCUT2D eigenvalue weighted by molar-refractivity contribution is 4.88. The molecule has 2 heteroatoms. The van der Waals surface area contributed by atoms with E-state index >= 15 is 0 Å². The Bertz CT molecular complexity index is 170. The number of piperidine rings is 1. The standard InChI is InChI=1S/C12H24N2/c1-13-8-4-10-14-9-3-6-11-5-2-7-12(11)14/h11-13H,2-10H2,1H3. The summed E-state index contributed by atoms with van der Waals surface area (Å²) in [6.45, 7) is 3.86. The van der Waals surface area contributed by atoms with Crippen LogP contribution in [0.4, 0.5) is 0 Å². The lowest BCUT2D eigenvalue weighted by molar-refractivity contribution is 0.112. The molecule has 2 nitrogen and oxygen atoms in total. The second kappa shape index (κ2) is 5.13. The second-order valence-electron chi connectivity index (χ2n) is 4.89. The van der Waals surface area contributed by atoms with E-state index in [0.717, 1.165) is 12.0 Å². The number of hydrogen-bond donors (Lipinski definition) is 1. The zero-order chi connectivity index (χ0) is 9.80. The van der Waals surface area contributed by atoms with Gasteiger partial charge in [0, 0.05) is 6.04 Å². The Morgan fingerprint density at radius 1 is 1.21 bits per heavy atom. The van der Waals surface area contributed by atoms with Crippen LogP contribution >= 0.6 is 0 Å². The van der Waals surface area contributed by atoms with Crippen LogP contribution in [0.2, 0.25) is 0 Å². The number of fused-ring (bicyclic) bond motifs is 1. The maximum atomic E-state index is 3.24. The van der Waals surface area contributed by atoms with Crippen LogP contribution in [0, 0.1) is 5.92 Å². The predicted molar refractivity (Wildman–Crippen MR) is 60.5 cm³/mol. The molecule has 0 radical (unpaired) electrons. The second-order valence-corrected chi connectivity index (χ2v) is 4.89. The first-order valence-electron chi connectivity index (χ1n) is 6.30. The van der Waals surface area contributed by atoms with Crippen molar-refractivity contribution in [2.75, 3.05) is 26.7 Å². The van der Waals surface area contributed by atoms with Crippen molar-refractivity contribution in [1.82, 2.24) is 10.2 Å². The van der Waals surface area contributed by atoms with E-state index in [1.807, 2.05) is 0 Å². The molecule has 0 spiro atoms. The van der Waals surface area contributed by atoms with Gasteiger partial charge in [0.25, 0.3) is 0 Å². The molecule has 1 saturated carbocycles. The van der Waals surface area contributed by atoms with Gasteiger partial charge in [0.1, 0.15) is 0 Å². The van der Waals surface area contributed by atoms with E-state index in [9.17, 15) is 0 Å². The molecule has 2 unspecified atom stereocenters. The molecule has 14 heavy (non-hydrogen) atoms. The Labute approximate surface area is 88.1 Å². The fourth-order valence-corrected chi connectivity index (χ4v) is 3.29. The van der Waals surface area contributed by atoms with Gasteiger partial charge in [-0.05, 0) is 64.7 Å². The molecule has 0 aromatic rings. The molecule has 1 saturated heterocycles. The van der Waals surface area contributed by atoms with Gasteiger partial charge in [0.2, 0.25) is 0 Å². The SMILES string of the molecule is CNCCCN1CCCC2CCCC21. The van der Waals surface area contributed by atoms with E-state index in [0.29, 0.717) is 0 Å². The molecule has 1 heterocycles. The summed E-state index contributed by atoms with van der Waals surface area (Å²) < 4.78 is 0. The van der Waals surface area contributed by atoms with Crippen molar-refractivity contribution in [2.24, 2.45) is 5.92 Å². The average Bonchev–Trinajstić information content (AvgIpc) is 2.67. The molecule has 1 N–H and O–H groups in total. The van der Waals surface area contributed by atoms with E-state index < -0.39 is 0 Å². The minimum absolute atomic E-state index is 0.959. The third-order valence-electron chi connectivity index (χ3n) is 3.98. The quantitative estimate of drug-likeness (QED) is 0.690. The van der Waals surface area contributed by atoms with E-state index in [-0.39, 0.29) is 0 Å². The number of likely N-dealkylation sites (tertiary alicyclic amines) is 1. The number of nitrogens with zero attached hydrogens (tertiary/aromatic N) is 1. The van der Waals surface area contributed by atoms with E-state index in [1.165, 1.54) is 58.2 Å². The van der Waals surface area contributed by atoms with E-state index in [4.69, 9.17) is 0 Å². The predicted octanol–water partition coefficient (Wildman–Crippen LogP) is 1.86. The van der Waals surface area contributed by atoms with Crippen LogP contribution in [0.15, 0.2) is 0 Å². The molecular formula is C12H24N2. The number of hydrogen-bond acceptors (Lipinski definition) is 2. The summed E-state index contributed by atoms with van der Waals surface area (Å²) in [5, 5.41) is 3.24. The topological polar surface area (TPSA) is 15.3 Å². The maximum Gasteiger partial charge on any atom is 0.0123 e. The molecule has 2 fully saturated rings. The van der Waals surface area contributed by atoms with Gasteiger partial charge in [-0.25, -0.2) is 0 Å². The van der Waals surface area contributed by atoms with Crippen LogP contribution in [0.1, 0.15) is 38.5 Å². The normalized spacial score (nSPS) is 33.2. The van der Waals surface area contributed by atoms with Gasteiger partial charge in [0.15, 0.2) is 0 Å². The largest absolute Gasteiger partial charge is 0.320 e. The smallest absolute Gasteiger partial charge is 0.0123 e. The highest BCUT2D eigenvalue weighted by Crippen LogP contribution is 2.36. The van der Waals surface area contributed by atoms with Crippen LogP contribution < -0.4 is 5.32 Å². The van der Waals surface area contributed by atoms with Crippen molar-refractivity contribution in [3.63, 3.8) is 0 Å². The molecule has 2 rings (SSSR count). The summed E-state index contributed by atoms with van der Waals surface area (Å²) in [7, 11) is 2.05. The van der Waals surface area contributed by atoms with Gasteiger partial charge in [-0.15, -0.1) is 0 Å². The van der Waals surface area contributed by atoms with Gasteiger partial charge < -0.3 is 10.2 Å². The number of nitrogens with one attached hydrogen (secondary N) is 1. The fraction of sp³-hybridized carbons (Fsp3) is 1.00. The molecule has 2 atom stereocenters. The first-order chi connectivity index (χ1) is 6.92. The van der Waals surface area contributed by atoms with Gasteiger partial charge in [-0.1, -0.05) is 6.42 Å². The van der Waals surface area contributed by atoms with Crippen molar-refractivity contribution in [2.45, 2.75) is 44.6 Å². The Morgan fingerprint density at radius 2 is 2.07 bits per heavy atom. The average molecular weight is 196 g/mol. The van der Waals surface area contributed by atoms with Crippen LogP contribution in [0.5, 0.6) is 0 Å². The Morgan fingerprint density at radius 3 is 2.93 bits per heavy atom. The van der Waals surface area contributed by atoms with Crippen molar-refractivity contribution >= 4 is 0 Å². The van der Waals surface area contributed by atoms with Crippen molar-refractivity contribution in [3.05, 3.63) is 0 Å². The highest BCUT2D eigenvalue weighted by atomic mass is 15.2. The molecule has 1 aliphatic carbocycles. The van der Waals surface area contributed by atoms with Gasteiger partial charge in [-0.3, -0.25) is 0 Å². The lowest BCUT2D eigenvalue weighted by Crippen LogP contribution is -2.43. The highest BCUT2D eigenvalue weighted by Gasteiger charge is 2.34. The Hall–Kier alpha value is -0.0800. The van der Waals surface area contributed by atoms with Crippen molar-refractivity contribution < 1.29 is 0 Å². The monoisotopic (exact) mass is 196 g/mol. The summed E-state index contributed by atoms with van der Waals surface area (Å²) in [5.41, 5.74) is 0. The summed E-state index contributed by atoms with van der Waals surface area (Å²) in [6.07, 6.45) is 8.74. The van der Waals surface area contributed by atoms with Crippen LogP contribution in [0.3, 0.4) is 0 Å². The first kappa shape index (κ1) is 10.4. The van der Waals surface area contributed by atoms with Crippen LogP contribution in [-0.4, -0.2) is 37.6 Å². The lowest BCUT2D eigenvalue weighted by atomic mass is 9.92. The van der Waals surface area contributed by atoms with Crippen LogP contribution in [0.25, 0.3) is 0 Å². The molecule has 82 valence electrons. The third-order valence-corrected chi connectivity index (χ3v) is 3.98. The summed E-state index contributed by atoms with van der Waals surface area (Å²) >= 11 is 0. The molecule has 0 bridgehead atoms. The first-order valence-corrected chi connectivity index (χ1v) is 6.30. The van der Waals surface area contributed by atoms with E-state index in [1.54, 1.807) is 0 Å². The minimum atomic E-state index is 0.959. The fourth-order valence-electron chi connectivity index (χ4n) is 3.29. The molecular weight excluding hydrogens is 172 g/mol. The summed E-state index contributed by atoms with van der Waals surface area (Å²) in [6, 6.07) is 0.959. The maximum absolute atomic E-state index is 3.24. The zero-order valence-electron chi connectivity index (χ0n) is 9.47. The zero-order valence-corrected chi connectivity index (χ0v) is 9.47. The molecule has 1 aliphatic heterocycles. The lowest BCUT2D eigenvalue weighted by Gasteiger charge is -2.37. The Balaban J connectivity index is 1.78. The van der Waals surface area contributed by atoms with E-state index in [2.05, 4.69) is 17.3 Å².